The molecule has 0 atom stereocenters. The second-order valence-electron chi connectivity index (χ2n) is 5.90. The summed E-state index contributed by atoms with van der Waals surface area (Å²) in [6, 6.07) is 15.0. The Morgan fingerprint density at radius 2 is 2.14 bits per heavy atom. The first-order valence-electron chi connectivity index (χ1n) is 8.30. The Labute approximate surface area is 174 Å². The van der Waals surface area contributed by atoms with Crippen molar-refractivity contribution in [1.29, 1.82) is 5.26 Å². The molecule has 0 bridgehead atoms. The number of hydrogen-bond donors (Lipinski definition) is 2. The van der Waals surface area contributed by atoms with Gasteiger partial charge in [-0.3, -0.25) is 4.79 Å². The highest BCUT2D eigenvalue weighted by Gasteiger charge is 2.15. The van der Waals surface area contributed by atoms with Crippen LogP contribution in [0.15, 0.2) is 57.6 Å². The standard InChI is InChI=1S/C20H16BrN3O3S/c1-12-8-13(21)6-7-18(12)28-11-19(26)27-10-17(25)14(9-22)20-23-15-4-2-3-5-16(15)24-20/h2-8,25H,10-11H2,1H3,(H,23,24)/b17-14-. The van der Waals surface area contributed by atoms with E-state index >= 15 is 0 Å². The van der Waals surface area contributed by atoms with Crippen molar-refractivity contribution < 1.29 is 14.6 Å². The number of carbonyl (C=O) groups excluding carboxylic acids is 1. The maximum Gasteiger partial charge on any atom is 0.316 e. The normalized spacial score (nSPS) is 11.8. The summed E-state index contributed by atoms with van der Waals surface area (Å²) in [5, 5.41) is 19.6. The van der Waals surface area contributed by atoms with Gasteiger partial charge in [0.2, 0.25) is 0 Å². The Hall–Kier alpha value is -2.76. The van der Waals surface area contributed by atoms with Gasteiger partial charge in [0.15, 0.2) is 11.6 Å². The molecule has 3 rings (SSSR count). The first-order chi connectivity index (χ1) is 13.5. The predicted molar refractivity (Wildman–Crippen MR) is 112 cm³/mol. The van der Waals surface area contributed by atoms with E-state index in [1.54, 1.807) is 6.07 Å². The van der Waals surface area contributed by atoms with Crippen molar-refractivity contribution in [3.63, 3.8) is 0 Å². The van der Waals surface area contributed by atoms with Crippen LogP contribution in [-0.2, 0) is 9.53 Å². The van der Waals surface area contributed by atoms with E-state index in [0.717, 1.165) is 20.4 Å². The number of thioether (sulfide) groups is 1. The molecule has 0 aliphatic heterocycles. The number of para-hydroxylation sites is 2. The Morgan fingerprint density at radius 1 is 1.36 bits per heavy atom. The van der Waals surface area contributed by atoms with Crippen molar-refractivity contribution >= 4 is 50.3 Å². The molecule has 0 spiro atoms. The van der Waals surface area contributed by atoms with Crippen LogP contribution >= 0.6 is 27.7 Å². The third kappa shape index (κ3) is 4.74. The topological polar surface area (TPSA) is 99.0 Å². The van der Waals surface area contributed by atoms with Crippen LogP contribution in [0.1, 0.15) is 11.4 Å². The Morgan fingerprint density at radius 3 is 2.86 bits per heavy atom. The SMILES string of the molecule is Cc1cc(Br)ccc1SCC(=O)OC/C(O)=C(\C#N)c1nc2ccccc2[nH]1. The minimum atomic E-state index is -0.485. The molecule has 1 heterocycles. The van der Waals surface area contributed by atoms with Crippen LogP contribution in [0.4, 0.5) is 0 Å². The number of imidazole rings is 1. The summed E-state index contributed by atoms with van der Waals surface area (Å²) in [5.74, 6) is -0.500. The molecule has 8 heteroatoms. The molecule has 0 amide bonds. The summed E-state index contributed by atoms with van der Waals surface area (Å²) in [6.07, 6.45) is 0. The fourth-order valence-corrected chi connectivity index (χ4v) is 3.78. The number of benzene rings is 2. The largest absolute Gasteiger partial charge is 0.507 e. The van der Waals surface area contributed by atoms with E-state index in [9.17, 15) is 15.2 Å². The van der Waals surface area contributed by atoms with Gasteiger partial charge < -0.3 is 14.8 Å². The highest BCUT2D eigenvalue weighted by atomic mass is 79.9. The highest BCUT2D eigenvalue weighted by Crippen LogP contribution is 2.25. The molecule has 2 N–H and O–H groups in total. The summed E-state index contributed by atoms with van der Waals surface area (Å²) in [4.78, 5) is 20.2. The molecule has 3 aromatic rings. The van der Waals surface area contributed by atoms with Crippen molar-refractivity contribution in [2.75, 3.05) is 12.4 Å². The maximum atomic E-state index is 12.0. The zero-order chi connectivity index (χ0) is 20.1. The van der Waals surface area contributed by atoms with Crippen molar-refractivity contribution in [2.45, 2.75) is 11.8 Å². The number of allylic oxidation sites excluding steroid dienone is 1. The molecule has 28 heavy (non-hydrogen) atoms. The zero-order valence-electron chi connectivity index (χ0n) is 14.9. The fraction of sp³-hybridized carbons (Fsp3) is 0.150. The summed E-state index contributed by atoms with van der Waals surface area (Å²) in [6.45, 7) is 1.57. The van der Waals surface area contributed by atoms with Crippen LogP contribution in [-0.4, -0.2) is 33.4 Å². The molecule has 6 nitrogen and oxygen atoms in total. The van der Waals surface area contributed by atoms with E-state index < -0.39 is 12.6 Å². The molecule has 0 radical (unpaired) electrons. The lowest BCUT2D eigenvalue weighted by molar-refractivity contribution is -0.140. The molecule has 0 fully saturated rings. The number of aromatic amines is 1. The lowest BCUT2D eigenvalue weighted by Crippen LogP contribution is -2.11. The molecule has 0 aliphatic rings. The molecular weight excluding hydrogens is 442 g/mol. The molecule has 142 valence electrons. The number of nitrogens with one attached hydrogen (secondary N) is 1. The van der Waals surface area contributed by atoms with Crippen LogP contribution in [0.3, 0.4) is 0 Å². The number of esters is 1. The lowest BCUT2D eigenvalue weighted by Gasteiger charge is -2.07. The van der Waals surface area contributed by atoms with Crippen LogP contribution in [0, 0.1) is 18.3 Å². The number of aliphatic hydroxyl groups is 1. The quantitative estimate of drug-likeness (QED) is 0.239. The number of ether oxygens (including phenoxy) is 1. The minimum Gasteiger partial charge on any atom is -0.507 e. The Balaban J connectivity index is 1.63. The van der Waals surface area contributed by atoms with Gasteiger partial charge in [-0.1, -0.05) is 28.1 Å². The number of nitriles is 1. The molecular formula is C20H16BrN3O3S. The van der Waals surface area contributed by atoms with E-state index in [-0.39, 0.29) is 22.9 Å². The van der Waals surface area contributed by atoms with Crippen molar-refractivity contribution in [1.82, 2.24) is 9.97 Å². The first kappa shape index (κ1) is 20.0. The third-order valence-corrected chi connectivity index (χ3v) is 5.52. The predicted octanol–water partition coefficient (Wildman–Crippen LogP) is 4.76. The number of rotatable bonds is 6. The van der Waals surface area contributed by atoms with Gasteiger partial charge in [0.25, 0.3) is 0 Å². The number of aliphatic hydroxyl groups excluding tert-OH is 1. The average molecular weight is 458 g/mol. The minimum absolute atomic E-state index is 0.0552. The molecule has 2 aromatic carbocycles. The molecule has 1 aromatic heterocycles. The van der Waals surface area contributed by atoms with Crippen LogP contribution in [0.5, 0.6) is 0 Å². The van der Waals surface area contributed by atoms with Crippen molar-refractivity contribution in [2.24, 2.45) is 0 Å². The number of hydrogen-bond acceptors (Lipinski definition) is 6. The smallest absolute Gasteiger partial charge is 0.316 e. The maximum absolute atomic E-state index is 12.0. The third-order valence-electron chi connectivity index (χ3n) is 3.88. The second kappa shape index (κ2) is 8.95. The number of fused-ring (bicyclic) bond motifs is 1. The van der Waals surface area contributed by atoms with Crippen LogP contribution in [0.25, 0.3) is 16.6 Å². The number of carbonyl (C=O) groups is 1. The van der Waals surface area contributed by atoms with Gasteiger partial charge in [-0.05, 0) is 42.8 Å². The first-order valence-corrected chi connectivity index (χ1v) is 10.1. The monoisotopic (exact) mass is 457 g/mol. The Kier molecular flexibility index (Phi) is 6.39. The van der Waals surface area contributed by atoms with Crippen LogP contribution < -0.4 is 0 Å². The van der Waals surface area contributed by atoms with Crippen molar-refractivity contribution in [3.05, 3.63) is 64.1 Å². The fourth-order valence-electron chi connectivity index (χ4n) is 2.50. The lowest BCUT2D eigenvalue weighted by atomic mass is 10.2. The number of H-pyrrole nitrogens is 1. The summed E-state index contributed by atoms with van der Waals surface area (Å²) in [5.41, 5.74) is 2.42. The summed E-state index contributed by atoms with van der Waals surface area (Å²) >= 11 is 4.75. The van der Waals surface area contributed by atoms with E-state index in [4.69, 9.17) is 4.74 Å². The molecule has 0 aliphatic carbocycles. The molecule has 0 unspecified atom stereocenters. The number of nitrogens with zero attached hydrogens (tertiary/aromatic N) is 2. The average Bonchev–Trinajstić information content (AvgIpc) is 3.10. The van der Waals surface area contributed by atoms with E-state index in [1.165, 1.54) is 11.8 Å². The zero-order valence-corrected chi connectivity index (χ0v) is 17.3. The van der Waals surface area contributed by atoms with Crippen molar-refractivity contribution in [3.8, 4) is 6.07 Å². The van der Waals surface area contributed by atoms with E-state index in [2.05, 4.69) is 25.9 Å². The van der Waals surface area contributed by atoms with Gasteiger partial charge >= 0.3 is 5.97 Å². The molecule has 0 saturated heterocycles. The number of halogens is 1. The highest BCUT2D eigenvalue weighted by molar-refractivity contribution is 9.10. The summed E-state index contributed by atoms with van der Waals surface area (Å²) in [7, 11) is 0. The van der Waals surface area contributed by atoms with Gasteiger partial charge in [-0.2, -0.15) is 5.26 Å². The second-order valence-corrected chi connectivity index (χ2v) is 7.83. The number of aryl methyl sites for hydroxylation is 1. The van der Waals surface area contributed by atoms with Gasteiger partial charge in [-0.25, -0.2) is 4.98 Å². The Bertz CT molecular complexity index is 1070. The van der Waals surface area contributed by atoms with Crippen LogP contribution in [0.2, 0.25) is 0 Å². The van der Waals surface area contributed by atoms with E-state index in [0.29, 0.717) is 5.52 Å². The summed E-state index contributed by atoms with van der Waals surface area (Å²) < 4.78 is 6.07. The van der Waals surface area contributed by atoms with Gasteiger partial charge in [0.05, 0.1) is 16.8 Å². The van der Waals surface area contributed by atoms with Gasteiger partial charge in [0, 0.05) is 9.37 Å². The number of aromatic nitrogens is 2. The molecule has 0 saturated carbocycles. The van der Waals surface area contributed by atoms with E-state index in [1.807, 2.05) is 49.4 Å². The van der Waals surface area contributed by atoms with Gasteiger partial charge in [-0.15, -0.1) is 11.8 Å². The van der Waals surface area contributed by atoms with Gasteiger partial charge in [0.1, 0.15) is 18.2 Å².